The van der Waals surface area contributed by atoms with Crippen LogP contribution in [0.5, 0.6) is 0 Å². The minimum absolute atomic E-state index is 0.572. The van der Waals surface area contributed by atoms with E-state index in [4.69, 9.17) is 4.98 Å². The number of halogens is 1. The lowest BCUT2D eigenvalue weighted by atomic mass is 9.79. The van der Waals surface area contributed by atoms with E-state index in [-0.39, 0.29) is 0 Å². The van der Waals surface area contributed by atoms with Crippen LogP contribution in [-0.2, 0) is 7.05 Å². The summed E-state index contributed by atoms with van der Waals surface area (Å²) in [5.41, 5.74) is 3.44. The number of fused-ring (bicyclic) bond motifs is 1. The van der Waals surface area contributed by atoms with E-state index >= 15 is 0 Å². The van der Waals surface area contributed by atoms with Gasteiger partial charge < -0.3 is 4.90 Å². The van der Waals surface area contributed by atoms with Gasteiger partial charge in [-0.3, -0.25) is 4.68 Å². The van der Waals surface area contributed by atoms with Crippen molar-refractivity contribution < 1.29 is 4.39 Å². The minimum Gasteiger partial charge on any atom is -0.300 e. The third kappa shape index (κ3) is 2.95. The van der Waals surface area contributed by atoms with E-state index in [9.17, 15) is 4.39 Å². The van der Waals surface area contributed by atoms with Gasteiger partial charge in [-0.05, 0) is 43.4 Å². The fourth-order valence-electron chi connectivity index (χ4n) is 4.19. The number of aryl methyl sites for hydroxylation is 1. The van der Waals surface area contributed by atoms with Crippen LogP contribution in [0, 0.1) is 0 Å². The first kappa shape index (κ1) is 16.4. The Morgan fingerprint density at radius 2 is 1.96 bits per heavy atom. The molecule has 0 amide bonds. The van der Waals surface area contributed by atoms with E-state index in [1.54, 1.807) is 0 Å². The van der Waals surface area contributed by atoms with Crippen LogP contribution in [0.25, 0.3) is 21.3 Å². The van der Waals surface area contributed by atoms with Gasteiger partial charge in [0.1, 0.15) is 6.17 Å². The van der Waals surface area contributed by atoms with Crippen molar-refractivity contribution in [3.63, 3.8) is 0 Å². The summed E-state index contributed by atoms with van der Waals surface area (Å²) in [6.07, 6.45) is 7.12. The Bertz CT molecular complexity index is 919. The first-order valence-electron chi connectivity index (χ1n) is 9.43. The summed E-state index contributed by atoms with van der Waals surface area (Å²) >= 11 is 1.83. The molecule has 0 unspecified atom stereocenters. The van der Waals surface area contributed by atoms with Crippen LogP contribution in [0.1, 0.15) is 36.6 Å². The number of nitrogens with zero attached hydrogens (tertiary/aromatic N) is 4. The fraction of sp³-hybridized carbons (Fsp3) is 0.500. The van der Waals surface area contributed by atoms with Crippen molar-refractivity contribution in [1.29, 1.82) is 0 Å². The molecule has 3 aromatic rings. The molecule has 3 heterocycles. The van der Waals surface area contributed by atoms with Crippen LogP contribution in [0.4, 0.5) is 4.39 Å². The Morgan fingerprint density at radius 1 is 1.15 bits per heavy atom. The summed E-state index contributed by atoms with van der Waals surface area (Å²) < 4.78 is 16.4. The Hall–Kier alpha value is -1.79. The van der Waals surface area contributed by atoms with Gasteiger partial charge in [0.25, 0.3) is 0 Å². The molecule has 26 heavy (non-hydrogen) atoms. The van der Waals surface area contributed by atoms with Gasteiger partial charge in [0.05, 0.1) is 21.4 Å². The average Bonchev–Trinajstić information content (AvgIpc) is 3.20. The molecule has 0 bridgehead atoms. The van der Waals surface area contributed by atoms with Crippen molar-refractivity contribution >= 4 is 21.6 Å². The quantitative estimate of drug-likeness (QED) is 0.686. The number of benzene rings is 1. The standard InChI is InChI=1S/C20H23FN4S/c1-24-12-15(11-22-24)13-2-3-18-19(10-13)26-20(23-18)14-8-17(9-14)25-6-4-16(21)5-7-25/h2-3,10-12,14,16-17H,4-9H2,1H3. The molecule has 0 N–H and O–H groups in total. The second-order valence-electron chi connectivity index (χ2n) is 7.67. The molecule has 5 rings (SSSR count). The molecule has 1 aliphatic carbocycles. The Morgan fingerprint density at radius 3 is 2.69 bits per heavy atom. The number of hydrogen-bond donors (Lipinski definition) is 0. The Labute approximate surface area is 156 Å². The third-order valence-corrected chi connectivity index (χ3v) is 7.06. The molecule has 0 spiro atoms. The van der Waals surface area contributed by atoms with Gasteiger partial charge in [-0.25, -0.2) is 9.37 Å². The summed E-state index contributed by atoms with van der Waals surface area (Å²) in [5.74, 6) is 0.572. The number of alkyl halides is 1. The summed E-state index contributed by atoms with van der Waals surface area (Å²) in [5, 5.41) is 5.53. The van der Waals surface area contributed by atoms with E-state index in [1.807, 2.05) is 35.5 Å². The van der Waals surface area contributed by atoms with Crippen LogP contribution in [0.15, 0.2) is 30.6 Å². The molecule has 0 atom stereocenters. The average molecular weight is 370 g/mol. The highest BCUT2D eigenvalue weighted by Crippen LogP contribution is 2.43. The highest BCUT2D eigenvalue weighted by atomic mass is 32.1. The molecular weight excluding hydrogens is 347 g/mol. The third-order valence-electron chi connectivity index (χ3n) is 5.88. The van der Waals surface area contributed by atoms with E-state index in [0.717, 1.165) is 24.2 Å². The lowest BCUT2D eigenvalue weighted by Crippen LogP contribution is -2.47. The summed E-state index contributed by atoms with van der Waals surface area (Å²) in [6, 6.07) is 7.12. The van der Waals surface area contributed by atoms with Gasteiger partial charge in [-0.15, -0.1) is 11.3 Å². The lowest BCUT2D eigenvalue weighted by Gasteiger charge is -2.44. The zero-order valence-electron chi connectivity index (χ0n) is 14.9. The summed E-state index contributed by atoms with van der Waals surface area (Å²) in [7, 11) is 1.94. The molecule has 1 saturated heterocycles. The van der Waals surface area contributed by atoms with Crippen LogP contribution in [0.3, 0.4) is 0 Å². The molecule has 0 radical (unpaired) electrons. The number of likely N-dealkylation sites (tertiary alicyclic amines) is 1. The monoisotopic (exact) mass is 370 g/mol. The van der Waals surface area contributed by atoms with Crippen LogP contribution >= 0.6 is 11.3 Å². The minimum atomic E-state index is -0.583. The molecule has 2 fully saturated rings. The fourth-order valence-corrected chi connectivity index (χ4v) is 5.32. The maximum atomic E-state index is 13.3. The Balaban J connectivity index is 1.30. The van der Waals surface area contributed by atoms with Gasteiger partial charge in [0, 0.05) is 43.9 Å². The first-order valence-corrected chi connectivity index (χ1v) is 10.2. The number of aromatic nitrogens is 3. The van der Waals surface area contributed by atoms with Gasteiger partial charge in [-0.1, -0.05) is 6.07 Å². The first-order chi connectivity index (χ1) is 12.7. The van der Waals surface area contributed by atoms with Crippen molar-refractivity contribution in [3.8, 4) is 11.1 Å². The second kappa shape index (κ2) is 6.43. The molecule has 1 saturated carbocycles. The number of piperidine rings is 1. The zero-order valence-corrected chi connectivity index (χ0v) is 15.8. The second-order valence-corrected chi connectivity index (χ2v) is 8.73. The van der Waals surface area contributed by atoms with Gasteiger partial charge in [0.2, 0.25) is 0 Å². The highest BCUT2D eigenvalue weighted by molar-refractivity contribution is 7.18. The smallest absolute Gasteiger partial charge is 0.103 e. The van der Waals surface area contributed by atoms with Crippen LogP contribution in [0.2, 0.25) is 0 Å². The van der Waals surface area contributed by atoms with Gasteiger partial charge >= 0.3 is 0 Å². The van der Waals surface area contributed by atoms with Crippen molar-refractivity contribution in [2.45, 2.75) is 43.8 Å². The summed E-state index contributed by atoms with van der Waals surface area (Å²) in [4.78, 5) is 7.37. The molecule has 1 aromatic carbocycles. The molecule has 2 aromatic heterocycles. The van der Waals surface area contributed by atoms with E-state index in [0.29, 0.717) is 24.8 Å². The number of thiazole rings is 1. The van der Waals surface area contributed by atoms with Crippen LogP contribution < -0.4 is 0 Å². The molecule has 4 nitrogen and oxygen atoms in total. The van der Waals surface area contributed by atoms with Crippen LogP contribution in [-0.4, -0.2) is 45.0 Å². The van der Waals surface area contributed by atoms with Crippen molar-refractivity contribution in [1.82, 2.24) is 19.7 Å². The number of rotatable bonds is 3. The topological polar surface area (TPSA) is 34.0 Å². The maximum Gasteiger partial charge on any atom is 0.103 e. The highest BCUT2D eigenvalue weighted by Gasteiger charge is 2.37. The largest absolute Gasteiger partial charge is 0.300 e. The normalized spacial score (nSPS) is 24.8. The van der Waals surface area contributed by atoms with Gasteiger partial charge in [-0.2, -0.15) is 5.10 Å². The summed E-state index contributed by atoms with van der Waals surface area (Å²) in [6.45, 7) is 1.85. The van der Waals surface area contributed by atoms with Crippen molar-refractivity contribution in [2.75, 3.05) is 13.1 Å². The number of hydrogen-bond acceptors (Lipinski definition) is 4. The molecule has 2 aliphatic rings. The van der Waals surface area contributed by atoms with E-state index in [1.165, 1.54) is 28.1 Å². The van der Waals surface area contributed by atoms with E-state index in [2.05, 4.69) is 28.2 Å². The predicted octanol–water partition coefficient (Wildman–Crippen LogP) is 4.38. The lowest BCUT2D eigenvalue weighted by molar-refractivity contribution is 0.0610. The SMILES string of the molecule is Cn1cc(-c2ccc3nc(C4CC(N5CCC(F)CC5)C4)sc3c2)cn1. The molecule has 1 aliphatic heterocycles. The maximum absolute atomic E-state index is 13.3. The Kier molecular flexibility index (Phi) is 4.05. The predicted molar refractivity (Wildman–Crippen MR) is 103 cm³/mol. The van der Waals surface area contributed by atoms with Gasteiger partial charge in [0.15, 0.2) is 0 Å². The van der Waals surface area contributed by atoms with Crippen molar-refractivity contribution in [2.24, 2.45) is 7.05 Å². The molecule has 6 heteroatoms. The molecular formula is C20H23FN4S. The zero-order chi connectivity index (χ0) is 17.7. The van der Waals surface area contributed by atoms with E-state index < -0.39 is 6.17 Å². The molecule has 136 valence electrons. The van der Waals surface area contributed by atoms with Crippen molar-refractivity contribution in [3.05, 3.63) is 35.6 Å².